The van der Waals surface area contributed by atoms with Crippen LogP contribution in [0.1, 0.15) is 23.2 Å². The van der Waals surface area contributed by atoms with Gasteiger partial charge >= 0.3 is 5.97 Å². The van der Waals surface area contributed by atoms with E-state index in [-0.39, 0.29) is 12.5 Å². The summed E-state index contributed by atoms with van der Waals surface area (Å²) >= 11 is 0. The molecule has 0 unspecified atom stereocenters. The first-order chi connectivity index (χ1) is 10.5. The maximum atomic E-state index is 12.8. The molecule has 7 nitrogen and oxygen atoms in total. The molecule has 2 aliphatic heterocycles. The Bertz CT molecular complexity index is 569. The number of carbonyl (C=O) groups is 2. The van der Waals surface area contributed by atoms with Gasteiger partial charge in [0, 0.05) is 38.3 Å². The molecule has 3 rings (SSSR count). The number of carbonyl (C=O) groups excluding carboxylic acids is 1. The average molecular weight is 305 g/mol. The number of nitrogens with zero attached hydrogens (tertiary/aromatic N) is 3. The average Bonchev–Trinajstić information content (AvgIpc) is 2.90. The Hall–Kier alpha value is -1.99. The van der Waals surface area contributed by atoms with Crippen molar-refractivity contribution in [3.05, 3.63) is 30.1 Å². The number of amides is 1. The smallest absolute Gasteiger partial charge is 0.328 e. The fraction of sp³-hybridized carbons (Fsp3) is 0.533. The van der Waals surface area contributed by atoms with Crippen molar-refractivity contribution in [3.8, 4) is 0 Å². The van der Waals surface area contributed by atoms with E-state index in [9.17, 15) is 14.7 Å². The summed E-state index contributed by atoms with van der Waals surface area (Å²) in [6.07, 6.45) is 4.26. The van der Waals surface area contributed by atoms with Crippen LogP contribution >= 0.6 is 0 Å². The van der Waals surface area contributed by atoms with Crippen molar-refractivity contribution in [1.82, 2.24) is 14.8 Å². The number of carboxylic acids is 1. The van der Waals surface area contributed by atoms with E-state index in [1.54, 1.807) is 18.3 Å². The molecule has 1 amide bonds. The topological polar surface area (TPSA) is 83.0 Å². The Morgan fingerprint density at radius 2 is 2.14 bits per heavy atom. The summed E-state index contributed by atoms with van der Waals surface area (Å²) in [7, 11) is 2.00. The molecule has 118 valence electrons. The quantitative estimate of drug-likeness (QED) is 0.853. The van der Waals surface area contributed by atoms with Gasteiger partial charge in [0.2, 0.25) is 0 Å². The largest absolute Gasteiger partial charge is 0.480 e. The van der Waals surface area contributed by atoms with E-state index in [2.05, 4.69) is 9.88 Å². The van der Waals surface area contributed by atoms with Crippen LogP contribution in [0.25, 0.3) is 0 Å². The highest BCUT2D eigenvalue weighted by Crippen LogP contribution is 2.38. The highest BCUT2D eigenvalue weighted by atomic mass is 16.5. The third kappa shape index (κ3) is 2.46. The monoisotopic (exact) mass is 305 g/mol. The summed E-state index contributed by atoms with van der Waals surface area (Å²) in [4.78, 5) is 31.9. The molecule has 1 atom stereocenters. The first-order valence-electron chi connectivity index (χ1n) is 7.32. The third-order valence-corrected chi connectivity index (χ3v) is 4.44. The zero-order valence-electron chi connectivity index (χ0n) is 12.4. The molecule has 2 aliphatic rings. The lowest BCUT2D eigenvalue weighted by Crippen LogP contribution is -2.57. The number of rotatable bonds is 2. The van der Waals surface area contributed by atoms with Crippen molar-refractivity contribution in [2.24, 2.45) is 0 Å². The minimum absolute atomic E-state index is 0.0328. The molecule has 1 aromatic heterocycles. The second-order valence-electron chi connectivity index (χ2n) is 5.83. The van der Waals surface area contributed by atoms with Crippen LogP contribution in [0.3, 0.4) is 0 Å². The van der Waals surface area contributed by atoms with Gasteiger partial charge in [0.1, 0.15) is 5.72 Å². The van der Waals surface area contributed by atoms with Crippen LogP contribution in [0.15, 0.2) is 24.5 Å². The number of aromatic nitrogens is 1. The summed E-state index contributed by atoms with van der Waals surface area (Å²) in [6, 6.07) is 2.37. The standard InChI is InChI=1S/C15H19N3O4/c1-17-7-4-15(5-8-17)18(12(10-22-15)14(20)21)13(19)11-3-2-6-16-9-11/h2-3,6,9,12H,4-5,7-8,10H2,1H3,(H,20,21)/t12-/m1/s1. The van der Waals surface area contributed by atoms with Gasteiger partial charge < -0.3 is 14.7 Å². The first-order valence-corrected chi connectivity index (χ1v) is 7.32. The van der Waals surface area contributed by atoms with Crippen molar-refractivity contribution < 1.29 is 19.4 Å². The molecular formula is C15H19N3O4. The van der Waals surface area contributed by atoms with Crippen LogP contribution in [0.2, 0.25) is 0 Å². The fourth-order valence-electron chi connectivity index (χ4n) is 3.15. The molecule has 3 heterocycles. The second-order valence-corrected chi connectivity index (χ2v) is 5.83. The zero-order valence-corrected chi connectivity index (χ0v) is 12.4. The van der Waals surface area contributed by atoms with E-state index < -0.39 is 17.7 Å². The lowest BCUT2D eigenvalue weighted by Gasteiger charge is -2.43. The molecule has 0 bridgehead atoms. The first kappa shape index (κ1) is 14.9. The van der Waals surface area contributed by atoms with E-state index in [0.717, 1.165) is 13.1 Å². The Kier molecular flexibility index (Phi) is 3.84. The SMILES string of the molecule is CN1CCC2(CC1)OC[C@H](C(=O)O)N2C(=O)c1cccnc1. The third-order valence-electron chi connectivity index (χ3n) is 4.44. The number of hydrogen-bond donors (Lipinski definition) is 1. The van der Waals surface area contributed by atoms with E-state index in [4.69, 9.17) is 4.74 Å². The van der Waals surface area contributed by atoms with E-state index in [0.29, 0.717) is 18.4 Å². The van der Waals surface area contributed by atoms with Crippen LogP contribution in [-0.4, -0.2) is 70.3 Å². The van der Waals surface area contributed by atoms with Gasteiger partial charge in [-0.05, 0) is 19.2 Å². The van der Waals surface area contributed by atoms with E-state index >= 15 is 0 Å². The summed E-state index contributed by atoms with van der Waals surface area (Å²) in [5.74, 6) is -1.37. The van der Waals surface area contributed by atoms with Gasteiger partial charge in [-0.25, -0.2) is 4.79 Å². The van der Waals surface area contributed by atoms with Gasteiger partial charge in [-0.1, -0.05) is 0 Å². The summed E-state index contributed by atoms with van der Waals surface area (Å²) in [6.45, 7) is 1.57. The molecule has 2 fully saturated rings. The predicted octanol–water partition coefficient (Wildman–Crippen LogP) is 0.429. The minimum atomic E-state index is -1.03. The van der Waals surface area contributed by atoms with E-state index in [1.165, 1.54) is 11.1 Å². The Morgan fingerprint density at radius 3 is 2.73 bits per heavy atom. The molecule has 1 N–H and O–H groups in total. The lowest BCUT2D eigenvalue weighted by atomic mass is 9.97. The van der Waals surface area contributed by atoms with Crippen LogP contribution < -0.4 is 0 Å². The molecule has 0 aromatic carbocycles. The summed E-state index contributed by atoms with van der Waals surface area (Å²) in [5, 5.41) is 9.45. The van der Waals surface area contributed by atoms with Gasteiger partial charge in [0.05, 0.1) is 12.2 Å². The minimum Gasteiger partial charge on any atom is -0.480 e. The van der Waals surface area contributed by atoms with Gasteiger partial charge in [-0.3, -0.25) is 14.7 Å². The molecule has 1 spiro atoms. The molecule has 2 saturated heterocycles. The van der Waals surface area contributed by atoms with Crippen molar-refractivity contribution in [1.29, 1.82) is 0 Å². The number of piperidine rings is 1. The highest BCUT2D eigenvalue weighted by molar-refractivity contribution is 5.97. The summed E-state index contributed by atoms with van der Waals surface area (Å²) in [5.41, 5.74) is -0.430. The van der Waals surface area contributed by atoms with Gasteiger partial charge in [0.15, 0.2) is 6.04 Å². The highest BCUT2D eigenvalue weighted by Gasteiger charge is 2.53. The fourth-order valence-corrected chi connectivity index (χ4v) is 3.15. The maximum Gasteiger partial charge on any atom is 0.328 e. The molecular weight excluding hydrogens is 286 g/mol. The molecule has 0 aliphatic carbocycles. The zero-order chi connectivity index (χ0) is 15.7. The van der Waals surface area contributed by atoms with Gasteiger partial charge in [-0.15, -0.1) is 0 Å². The normalized spacial score (nSPS) is 24.6. The predicted molar refractivity (Wildman–Crippen MR) is 77.2 cm³/mol. The van der Waals surface area contributed by atoms with Crippen LogP contribution in [0.5, 0.6) is 0 Å². The molecule has 0 saturated carbocycles. The van der Waals surface area contributed by atoms with Gasteiger partial charge in [-0.2, -0.15) is 0 Å². The van der Waals surface area contributed by atoms with Crippen molar-refractivity contribution in [2.75, 3.05) is 26.7 Å². The number of aliphatic carboxylic acids is 1. The van der Waals surface area contributed by atoms with Crippen LogP contribution in [-0.2, 0) is 9.53 Å². The number of pyridine rings is 1. The van der Waals surface area contributed by atoms with Crippen molar-refractivity contribution >= 4 is 11.9 Å². The molecule has 0 radical (unpaired) electrons. The molecule has 1 aromatic rings. The second kappa shape index (κ2) is 5.66. The Morgan fingerprint density at radius 1 is 1.41 bits per heavy atom. The lowest BCUT2D eigenvalue weighted by molar-refractivity contribution is -0.143. The number of carboxylic acid groups (broad SMARTS) is 1. The Labute approximate surface area is 128 Å². The molecule has 7 heteroatoms. The van der Waals surface area contributed by atoms with Crippen LogP contribution in [0, 0.1) is 0 Å². The molecule has 22 heavy (non-hydrogen) atoms. The van der Waals surface area contributed by atoms with Crippen molar-refractivity contribution in [2.45, 2.75) is 24.6 Å². The van der Waals surface area contributed by atoms with Crippen molar-refractivity contribution in [3.63, 3.8) is 0 Å². The Balaban J connectivity index is 1.94. The number of ether oxygens (including phenoxy) is 1. The van der Waals surface area contributed by atoms with Crippen LogP contribution in [0.4, 0.5) is 0 Å². The number of hydrogen-bond acceptors (Lipinski definition) is 5. The number of likely N-dealkylation sites (tertiary alicyclic amines) is 1. The summed E-state index contributed by atoms with van der Waals surface area (Å²) < 4.78 is 5.84. The van der Waals surface area contributed by atoms with Gasteiger partial charge in [0.25, 0.3) is 5.91 Å². The van der Waals surface area contributed by atoms with E-state index in [1.807, 2.05) is 7.05 Å². The maximum absolute atomic E-state index is 12.8.